The van der Waals surface area contributed by atoms with Gasteiger partial charge in [0, 0.05) is 6.04 Å². The smallest absolute Gasteiger partial charge is 0.207 e. The summed E-state index contributed by atoms with van der Waals surface area (Å²) >= 11 is 0. The van der Waals surface area contributed by atoms with Gasteiger partial charge in [-0.1, -0.05) is 25.3 Å². The maximum Gasteiger partial charge on any atom is 0.207 e. The summed E-state index contributed by atoms with van der Waals surface area (Å²) in [7, 11) is 0. The zero-order valence-electron chi connectivity index (χ0n) is 7.46. The highest BCUT2D eigenvalue weighted by atomic mass is 16.1. The summed E-state index contributed by atoms with van der Waals surface area (Å²) in [6.07, 6.45) is 9.05. The van der Waals surface area contributed by atoms with E-state index in [4.69, 9.17) is 0 Å². The lowest BCUT2D eigenvalue weighted by Crippen LogP contribution is -2.34. The van der Waals surface area contributed by atoms with E-state index in [1.807, 2.05) is 6.08 Å². The maximum atomic E-state index is 10.3. The van der Waals surface area contributed by atoms with Gasteiger partial charge in [0.25, 0.3) is 0 Å². The number of carbonyl (C=O) groups is 1. The second kappa shape index (κ2) is 4.96. The van der Waals surface area contributed by atoms with Crippen molar-refractivity contribution in [2.45, 2.75) is 38.1 Å². The molecule has 1 saturated carbocycles. The van der Waals surface area contributed by atoms with Gasteiger partial charge < -0.3 is 5.32 Å². The lowest BCUT2D eigenvalue weighted by molar-refractivity contribution is -0.110. The number of nitrogens with one attached hydrogen (secondary N) is 1. The summed E-state index contributed by atoms with van der Waals surface area (Å²) in [4.78, 5) is 10.3. The summed E-state index contributed by atoms with van der Waals surface area (Å²) < 4.78 is 0. The molecule has 0 radical (unpaired) electrons. The van der Waals surface area contributed by atoms with Gasteiger partial charge >= 0.3 is 0 Å². The van der Waals surface area contributed by atoms with Crippen LogP contribution in [0.25, 0.3) is 0 Å². The van der Waals surface area contributed by atoms with Gasteiger partial charge in [-0.2, -0.15) is 0 Å². The zero-order valence-corrected chi connectivity index (χ0v) is 7.46. The normalized spacial score (nSPS) is 21.3. The number of hydrogen-bond acceptors (Lipinski definition) is 1. The molecule has 2 nitrogen and oxygen atoms in total. The SMILES string of the molecule is C=CC(NC=O)C1CCCCC1. The highest BCUT2D eigenvalue weighted by Crippen LogP contribution is 2.26. The molecular formula is C10H17NO. The minimum absolute atomic E-state index is 0.197. The van der Waals surface area contributed by atoms with E-state index in [0.717, 1.165) is 6.41 Å². The van der Waals surface area contributed by atoms with Crippen LogP contribution < -0.4 is 5.32 Å². The molecule has 1 amide bonds. The van der Waals surface area contributed by atoms with Gasteiger partial charge in [-0.05, 0) is 18.8 Å². The van der Waals surface area contributed by atoms with E-state index in [1.165, 1.54) is 32.1 Å². The van der Waals surface area contributed by atoms with Gasteiger partial charge in [-0.15, -0.1) is 6.58 Å². The second-order valence-corrected chi connectivity index (χ2v) is 3.44. The average molecular weight is 167 g/mol. The van der Waals surface area contributed by atoms with Crippen LogP contribution in [0.3, 0.4) is 0 Å². The molecule has 0 saturated heterocycles. The Hall–Kier alpha value is -0.790. The molecule has 1 fully saturated rings. The standard InChI is InChI=1S/C10H17NO/c1-2-10(11-8-12)9-6-4-3-5-7-9/h2,8-10H,1,3-7H2,(H,11,12). The Morgan fingerprint density at radius 1 is 1.33 bits per heavy atom. The molecule has 1 aliphatic carbocycles. The highest BCUT2D eigenvalue weighted by Gasteiger charge is 2.20. The first-order chi connectivity index (χ1) is 5.88. The van der Waals surface area contributed by atoms with Crippen molar-refractivity contribution >= 4 is 6.41 Å². The van der Waals surface area contributed by atoms with E-state index in [0.29, 0.717) is 5.92 Å². The van der Waals surface area contributed by atoms with Crippen molar-refractivity contribution in [3.05, 3.63) is 12.7 Å². The Kier molecular flexibility index (Phi) is 3.85. The van der Waals surface area contributed by atoms with E-state index < -0.39 is 0 Å². The Bertz CT molecular complexity index is 150. The monoisotopic (exact) mass is 167 g/mol. The minimum atomic E-state index is 0.197. The topological polar surface area (TPSA) is 29.1 Å². The minimum Gasteiger partial charge on any atom is -0.352 e. The van der Waals surface area contributed by atoms with Gasteiger partial charge in [0.2, 0.25) is 6.41 Å². The van der Waals surface area contributed by atoms with Crippen molar-refractivity contribution in [2.75, 3.05) is 0 Å². The third-order valence-electron chi connectivity index (χ3n) is 2.67. The molecule has 68 valence electrons. The van der Waals surface area contributed by atoms with Crippen molar-refractivity contribution in [2.24, 2.45) is 5.92 Å². The Morgan fingerprint density at radius 2 is 2.00 bits per heavy atom. The van der Waals surface area contributed by atoms with Crippen LogP contribution in [-0.2, 0) is 4.79 Å². The van der Waals surface area contributed by atoms with Crippen molar-refractivity contribution in [3.63, 3.8) is 0 Å². The molecule has 12 heavy (non-hydrogen) atoms. The molecule has 0 aromatic carbocycles. The quantitative estimate of drug-likeness (QED) is 0.502. The average Bonchev–Trinajstić information content (AvgIpc) is 2.15. The molecule has 1 atom stereocenters. The van der Waals surface area contributed by atoms with Crippen LogP contribution in [0.5, 0.6) is 0 Å². The number of carbonyl (C=O) groups excluding carboxylic acids is 1. The third kappa shape index (κ3) is 2.36. The predicted octanol–water partition coefficient (Wildman–Crippen LogP) is 1.87. The molecule has 1 N–H and O–H groups in total. The van der Waals surface area contributed by atoms with E-state index >= 15 is 0 Å². The molecule has 1 rings (SSSR count). The first kappa shape index (κ1) is 9.30. The first-order valence-corrected chi connectivity index (χ1v) is 4.70. The molecule has 0 bridgehead atoms. The second-order valence-electron chi connectivity index (χ2n) is 3.44. The van der Waals surface area contributed by atoms with Gasteiger partial charge in [0.05, 0.1) is 0 Å². The number of hydrogen-bond donors (Lipinski definition) is 1. The van der Waals surface area contributed by atoms with Crippen LogP contribution in [0.4, 0.5) is 0 Å². The molecule has 0 aromatic rings. The van der Waals surface area contributed by atoms with Gasteiger partial charge in [-0.3, -0.25) is 4.79 Å². The maximum absolute atomic E-state index is 10.3. The predicted molar refractivity (Wildman–Crippen MR) is 49.8 cm³/mol. The van der Waals surface area contributed by atoms with Crippen LogP contribution in [-0.4, -0.2) is 12.5 Å². The fourth-order valence-electron chi connectivity index (χ4n) is 1.97. The van der Waals surface area contributed by atoms with Gasteiger partial charge in [0.1, 0.15) is 0 Å². The molecule has 1 unspecified atom stereocenters. The fourth-order valence-corrected chi connectivity index (χ4v) is 1.97. The largest absolute Gasteiger partial charge is 0.352 e. The van der Waals surface area contributed by atoms with Crippen molar-refractivity contribution in [1.29, 1.82) is 0 Å². The Labute approximate surface area is 74.0 Å². The highest BCUT2D eigenvalue weighted by molar-refractivity contribution is 5.47. The molecule has 1 aliphatic rings. The number of amides is 1. The molecular weight excluding hydrogens is 150 g/mol. The van der Waals surface area contributed by atoms with Gasteiger partial charge in [-0.25, -0.2) is 0 Å². The summed E-state index contributed by atoms with van der Waals surface area (Å²) in [5, 5.41) is 2.80. The Balaban J connectivity index is 2.39. The first-order valence-electron chi connectivity index (χ1n) is 4.70. The summed E-state index contributed by atoms with van der Waals surface area (Å²) in [5.74, 6) is 0.626. The van der Waals surface area contributed by atoms with Gasteiger partial charge in [0.15, 0.2) is 0 Å². The zero-order chi connectivity index (χ0) is 8.81. The summed E-state index contributed by atoms with van der Waals surface area (Å²) in [6, 6.07) is 0.197. The van der Waals surface area contributed by atoms with E-state index in [1.54, 1.807) is 0 Å². The van der Waals surface area contributed by atoms with Crippen LogP contribution in [0, 0.1) is 5.92 Å². The lowest BCUT2D eigenvalue weighted by Gasteiger charge is -2.27. The molecule has 0 spiro atoms. The van der Waals surface area contributed by atoms with Crippen LogP contribution in [0.15, 0.2) is 12.7 Å². The fraction of sp³-hybridized carbons (Fsp3) is 0.700. The van der Waals surface area contributed by atoms with Crippen LogP contribution >= 0.6 is 0 Å². The summed E-state index contributed by atoms with van der Waals surface area (Å²) in [6.45, 7) is 3.73. The third-order valence-corrected chi connectivity index (χ3v) is 2.67. The summed E-state index contributed by atoms with van der Waals surface area (Å²) in [5.41, 5.74) is 0. The van der Waals surface area contributed by atoms with E-state index in [9.17, 15) is 4.79 Å². The molecule has 0 heterocycles. The van der Waals surface area contributed by atoms with E-state index in [2.05, 4.69) is 11.9 Å². The van der Waals surface area contributed by atoms with Crippen molar-refractivity contribution in [1.82, 2.24) is 5.32 Å². The van der Waals surface area contributed by atoms with Crippen LogP contribution in [0.2, 0.25) is 0 Å². The number of rotatable bonds is 4. The molecule has 2 heteroatoms. The van der Waals surface area contributed by atoms with Crippen molar-refractivity contribution < 1.29 is 4.79 Å². The van der Waals surface area contributed by atoms with Crippen LogP contribution in [0.1, 0.15) is 32.1 Å². The van der Waals surface area contributed by atoms with E-state index in [-0.39, 0.29) is 6.04 Å². The molecule has 0 aliphatic heterocycles. The lowest BCUT2D eigenvalue weighted by atomic mass is 9.84. The van der Waals surface area contributed by atoms with Crippen molar-refractivity contribution in [3.8, 4) is 0 Å². The molecule has 0 aromatic heterocycles. The Morgan fingerprint density at radius 3 is 2.50 bits per heavy atom.